The average Bonchev–Trinajstić information content (AvgIpc) is 3.09. The van der Waals surface area contributed by atoms with Gasteiger partial charge in [-0.25, -0.2) is 4.90 Å². The number of nitro groups is 1. The van der Waals surface area contributed by atoms with Gasteiger partial charge < -0.3 is 9.52 Å². The summed E-state index contributed by atoms with van der Waals surface area (Å²) < 4.78 is 5.80. The lowest BCUT2D eigenvalue weighted by Gasteiger charge is -2.17. The average molecular weight is 380 g/mol. The van der Waals surface area contributed by atoms with E-state index in [2.05, 4.69) is 0 Å². The fourth-order valence-corrected chi connectivity index (χ4v) is 3.80. The van der Waals surface area contributed by atoms with Crippen molar-refractivity contribution in [3.8, 4) is 0 Å². The summed E-state index contributed by atoms with van der Waals surface area (Å²) in [7, 11) is 0. The summed E-state index contributed by atoms with van der Waals surface area (Å²) in [5.74, 6) is -0.980. The number of hydrogen-bond donors (Lipinski definition) is 1. The number of imide groups is 1. The van der Waals surface area contributed by atoms with Gasteiger partial charge in [-0.1, -0.05) is 18.2 Å². The number of aryl methyl sites for hydroxylation is 1. The second kappa shape index (κ2) is 5.74. The molecule has 142 valence electrons. The zero-order valence-corrected chi connectivity index (χ0v) is 15.3. The number of nitrogens with zero attached hydrogens (tertiary/aromatic N) is 2. The molecule has 2 heterocycles. The van der Waals surface area contributed by atoms with E-state index in [4.69, 9.17) is 4.42 Å². The van der Waals surface area contributed by atoms with Crippen LogP contribution in [-0.4, -0.2) is 21.8 Å². The summed E-state index contributed by atoms with van der Waals surface area (Å²) in [6.07, 6.45) is 0. The molecule has 0 unspecified atom stereocenters. The highest BCUT2D eigenvalue weighted by molar-refractivity contribution is 6.37. The van der Waals surface area contributed by atoms with Gasteiger partial charge in [0.05, 0.1) is 21.8 Å². The van der Waals surface area contributed by atoms with Crippen molar-refractivity contribution in [1.29, 1.82) is 0 Å². The SMILES string of the molecule is Cc1oc2c(N3C(=O)c4cccc([N+](=O)[O-])c4C3=O)cccc2c1C(C)(C)O. The Morgan fingerprint density at radius 2 is 1.79 bits per heavy atom. The molecule has 28 heavy (non-hydrogen) atoms. The molecular weight excluding hydrogens is 364 g/mol. The van der Waals surface area contributed by atoms with Gasteiger partial charge in [0.1, 0.15) is 11.3 Å². The van der Waals surface area contributed by atoms with Crippen LogP contribution >= 0.6 is 0 Å². The Kier molecular flexibility index (Phi) is 3.66. The van der Waals surface area contributed by atoms with Crippen LogP contribution in [0.25, 0.3) is 11.0 Å². The molecule has 0 saturated heterocycles. The molecule has 1 aromatic heterocycles. The summed E-state index contributed by atoms with van der Waals surface area (Å²) in [6.45, 7) is 4.91. The molecule has 0 fully saturated rings. The second-order valence-corrected chi connectivity index (χ2v) is 7.15. The maximum atomic E-state index is 13.0. The van der Waals surface area contributed by atoms with Crippen molar-refractivity contribution in [1.82, 2.24) is 0 Å². The predicted octanol–water partition coefficient (Wildman–Crippen LogP) is 3.68. The van der Waals surface area contributed by atoms with E-state index in [1.807, 2.05) is 0 Å². The topological polar surface area (TPSA) is 114 Å². The Balaban J connectivity index is 1.95. The quantitative estimate of drug-likeness (QED) is 0.421. The van der Waals surface area contributed by atoms with Gasteiger partial charge in [-0.3, -0.25) is 19.7 Å². The molecule has 0 aliphatic carbocycles. The Labute approximate surface area is 159 Å². The molecule has 0 saturated carbocycles. The molecule has 0 bridgehead atoms. The molecule has 2 aromatic carbocycles. The predicted molar refractivity (Wildman–Crippen MR) is 100 cm³/mol. The van der Waals surface area contributed by atoms with E-state index in [9.17, 15) is 24.8 Å². The monoisotopic (exact) mass is 380 g/mol. The highest BCUT2D eigenvalue weighted by atomic mass is 16.6. The fraction of sp³-hybridized carbons (Fsp3) is 0.200. The van der Waals surface area contributed by atoms with Gasteiger partial charge >= 0.3 is 0 Å². The minimum absolute atomic E-state index is 0.0257. The summed E-state index contributed by atoms with van der Waals surface area (Å²) in [4.78, 5) is 37.4. The van der Waals surface area contributed by atoms with E-state index in [0.717, 1.165) is 4.90 Å². The van der Waals surface area contributed by atoms with Gasteiger partial charge in [0.15, 0.2) is 5.58 Å². The molecule has 8 nitrogen and oxygen atoms in total. The van der Waals surface area contributed by atoms with E-state index >= 15 is 0 Å². The number of aliphatic hydroxyl groups is 1. The van der Waals surface area contributed by atoms with Gasteiger partial charge in [0.25, 0.3) is 17.5 Å². The summed E-state index contributed by atoms with van der Waals surface area (Å²) in [5.41, 5.74) is -0.895. The number of benzene rings is 2. The zero-order chi connectivity index (χ0) is 20.4. The third kappa shape index (κ3) is 2.35. The summed E-state index contributed by atoms with van der Waals surface area (Å²) in [6, 6.07) is 8.85. The maximum absolute atomic E-state index is 13.0. The standard InChI is InChI=1S/C20H16N2O6/c1-10-16(20(2,3)25)12-7-5-9-14(17(12)28-10)21-18(23)11-6-4-8-13(22(26)27)15(11)19(21)24/h4-9,25H,1-3H3. The van der Waals surface area contributed by atoms with Crippen molar-refractivity contribution in [2.45, 2.75) is 26.4 Å². The molecule has 1 N–H and O–H groups in total. The number of nitro benzene ring substituents is 1. The molecule has 0 atom stereocenters. The van der Waals surface area contributed by atoms with Crippen molar-refractivity contribution in [2.75, 3.05) is 4.90 Å². The first-order chi connectivity index (χ1) is 13.1. The van der Waals surface area contributed by atoms with Crippen LogP contribution in [0.1, 0.15) is 45.9 Å². The first-order valence-corrected chi connectivity index (χ1v) is 8.54. The molecule has 8 heteroatoms. The molecule has 0 spiro atoms. The number of furan rings is 1. The Morgan fingerprint density at radius 1 is 1.11 bits per heavy atom. The lowest BCUT2D eigenvalue weighted by molar-refractivity contribution is -0.385. The Morgan fingerprint density at radius 3 is 2.43 bits per heavy atom. The number of fused-ring (bicyclic) bond motifs is 2. The molecular formula is C20H16N2O6. The van der Waals surface area contributed by atoms with Crippen LogP contribution in [0.2, 0.25) is 0 Å². The lowest BCUT2D eigenvalue weighted by Crippen LogP contribution is -2.29. The molecule has 1 aliphatic rings. The first kappa shape index (κ1) is 17.9. The number of carbonyl (C=O) groups is 2. The minimum Gasteiger partial charge on any atom is -0.459 e. The minimum atomic E-state index is -1.20. The number of amides is 2. The third-order valence-electron chi connectivity index (χ3n) is 4.81. The molecule has 4 rings (SSSR count). The Hall–Kier alpha value is -3.52. The lowest BCUT2D eigenvalue weighted by atomic mass is 9.95. The number of anilines is 1. The third-order valence-corrected chi connectivity index (χ3v) is 4.81. The normalized spacial score (nSPS) is 14.1. The second-order valence-electron chi connectivity index (χ2n) is 7.15. The van der Waals surface area contributed by atoms with E-state index < -0.39 is 28.0 Å². The number of carbonyl (C=O) groups excluding carboxylic acids is 2. The van der Waals surface area contributed by atoms with Crippen molar-refractivity contribution < 1.29 is 24.0 Å². The van der Waals surface area contributed by atoms with Crippen molar-refractivity contribution in [2.24, 2.45) is 0 Å². The van der Waals surface area contributed by atoms with Gasteiger partial charge in [-0.2, -0.15) is 0 Å². The smallest absolute Gasteiger partial charge is 0.283 e. The van der Waals surface area contributed by atoms with E-state index in [1.54, 1.807) is 32.9 Å². The van der Waals surface area contributed by atoms with E-state index in [1.165, 1.54) is 24.3 Å². The van der Waals surface area contributed by atoms with Crippen LogP contribution in [0.15, 0.2) is 40.8 Å². The fourth-order valence-electron chi connectivity index (χ4n) is 3.80. The number of hydrogen-bond acceptors (Lipinski definition) is 6. The maximum Gasteiger partial charge on any atom is 0.283 e. The van der Waals surface area contributed by atoms with Crippen LogP contribution in [0.4, 0.5) is 11.4 Å². The van der Waals surface area contributed by atoms with Crippen LogP contribution in [-0.2, 0) is 5.60 Å². The van der Waals surface area contributed by atoms with Crippen molar-refractivity contribution >= 4 is 34.2 Å². The largest absolute Gasteiger partial charge is 0.459 e. The highest BCUT2D eigenvalue weighted by Gasteiger charge is 2.43. The van der Waals surface area contributed by atoms with Crippen LogP contribution in [0.5, 0.6) is 0 Å². The van der Waals surface area contributed by atoms with Crippen molar-refractivity contribution in [3.63, 3.8) is 0 Å². The van der Waals surface area contributed by atoms with E-state index in [-0.39, 0.29) is 22.4 Å². The van der Waals surface area contributed by atoms with Gasteiger partial charge in [-0.15, -0.1) is 0 Å². The van der Waals surface area contributed by atoms with Crippen molar-refractivity contribution in [3.05, 3.63) is 69.0 Å². The highest BCUT2D eigenvalue weighted by Crippen LogP contribution is 2.41. The van der Waals surface area contributed by atoms with Crippen LogP contribution in [0, 0.1) is 17.0 Å². The first-order valence-electron chi connectivity index (χ1n) is 8.54. The summed E-state index contributed by atoms with van der Waals surface area (Å²) >= 11 is 0. The van der Waals surface area contributed by atoms with Gasteiger partial charge in [-0.05, 0) is 32.9 Å². The number of rotatable bonds is 3. The van der Waals surface area contributed by atoms with Crippen LogP contribution in [0.3, 0.4) is 0 Å². The zero-order valence-electron chi connectivity index (χ0n) is 15.3. The van der Waals surface area contributed by atoms with Gasteiger partial charge in [0, 0.05) is 17.0 Å². The summed E-state index contributed by atoms with van der Waals surface area (Å²) in [5, 5.41) is 22.3. The molecule has 3 aromatic rings. The van der Waals surface area contributed by atoms with Crippen LogP contribution < -0.4 is 4.90 Å². The number of para-hydroxylation sites is 1. The molecule has 2 amide bonds. The molecule has 0 radical (unpaired) electrons. The van der Waals surface area contributed by atoms with E-state index in [0.29, 0.717) is 16.7 Å². The molecule has 1 aliphatic heterocycles. The Bertz CT molecular complexity index is 1190. The van der Waals surface area contributed by atoms with Gasteiger partial charge in [0.2, 0.25) is 0 Å².